The van der Waals surface area contributed by atoms with Crippen LogP contribution in [0.15, 0.2) is 59.1 Å². The van der Waals surface area contributed by atoms with E-state index in [2.05, 4.69) is 34.1 Å². The second-order valence-corrected chi connectivity index (χ2v) is 7.29. The third-order valence-electron chi connectivity index (χ3n) is 4.93. The molecule has 0 radical (unpaired) electrons. The van der Waals surface area contributed by atoms with Crippen LogP contribution in [0, 0.1) is 5.92 Å². The van der Waals surface area contributed by atoms with Crippen molar-refractivity contribution in [3.63, 3.8) is 0 Å². The molecular formula is C22H25N3O2. The molecule has 0 aliphatic carbocycles. The van der Waals surface area contributed by atoms with Crippen LogP contribution in [0.1, 0.15) is 31.2 Å². The van der Waals surface area contributed by atoms with E-state index in [4.69, 9.17) is 9.26 Å². The molecule has 0 N–H and O–H groups in total. The molecule has 1 aliphatic heterocycles. The molecule has 1 saturated heterocycles. The molecule has 0 unspecified atom stereocenters. The summed E-state index contributed by atoms with van der Waals surface area (Å²) in [4.78, 5) is 6.96. The van der Waals surface area contributed by atoms with Crippen molar-refractivity contribution in [1.29, 1.82) is 0 Å². The average molecular weight is 363 g/mol. The number of aromatic nitrogens is 2. The predicted octanol–water partition coefficient (Wildman–Crippen LogP) is 4.55. The molecule has 27 heavy (non-hydrogen) atoms. The summed E-state index contributed by atoms with van der Waals surface area (Å²) < 4.78 is 11.3. The van der Waals surface area contributed by atoms with Crippen LogP contribution in [-0.4, -0.2) is 28.1 Å². The van der Waals surface area contributed by atoms with E-state index in [9.17, 15) is 0 Å². The second-order valence-electron chi connectivity index (χ2n) is 7.29. The number of hydrogen-bond donors (Lipinski definition) is 0. The van der Waals surface area contributed by atoms with Crippen molar-refractivity contribution >= 4 is 0 Å². The van der Waals surface area contributed by atoms with Crippen molar-refractivity contribution in [2.75, 3.05) is 13.1 Å². The largest absolute Gasteiger partial charge is 0.489 e. The minimum absolute atomic E-state index is 0.556. The van der Waals surface area contributed by atoms with Gasteiger partial charge in [0.25, 0.3) is 0 Å². The van der Waals surface area contributed by atoms with E-state index in [1.165, 1.54) is 12.8 Å². The SMILES string of the molecule is C[C@H]1CCCN(Cc2nc(-c3ccc(OCc4ccccc4)cc3)no2)C1. The van der Waals surface area contributed by atoms with Gasteiger partial charge in [-0.3, -0.25) is 4.90 Å². The maximum absolute atomic E-state index is 5.83. The molecule has 140 valence electrons. The molecule has 5 nitrogen and oxygen atoms in total. The summed E-state index contributed by atoms with van der Waals surface area (Å²) in [5.41, 5.74) is 2.08. The van der Waals surface area contributed by atoms with E-state index in [1.54, 1.807) is 0 Å². The molecule has 2 aromatic carbocycles. The van der Waals surface area contributed by atoms with Gasteiger partial charge < -0.3 is 9.26 Å². The Labute approximate surface area is 160 Å². The van der Waals surface area contributed by atoms with Crippen molar-refractivity contribution in [2.24, 2.45) is 5.92 Å². The molecule has 1 aromatic heterocycles. The van der Waals surface area contributed by atoms with Crippen LogP contribution < -0.4 is 4.74 Å². The number of likely N-dealkylation sites (tertiary alicyclic amines) is 1. The fourth-order valence-corrected chi connectivity index (χ4v) is 3.50. The maximum atomic E-state index is 5.83. The highest BCUT2D eigenvalue weighted by atomic mass is 16.5. The van der Waals surface area contributed by atoms with Gasteiger partial charge in [0.1, 0.15) is 12.4 Å². The number of rotatable bonds is 6. The third kappa shape index (κ3) is 4.74. The molecule has 2 heterocycles. The first-order chi connectivity index (χ1) is 13.3. The zero-order valence-corrected chi connectivity index (χ0v) is 15.7. The first kappa shape index (κ1) is 17.7. The van der Waals surface area contributed by atoms with Gasteiger partial charge in [-0.25, -0.2) is 0 Å². The minimum Gasteiger partial charge on any atom is -0.489 e. The maximum Gasteiger partial charge on any atom is 0.241 e. The molecule has 1 atom stereocenters. The normalized spacial score (nSPS) is 17.7. The standard InChI is InChI=1S/C22H25N3O2/c1-17-6-5-13-25(14-17)15-21-23-22(24-27-21)19-9-11-20(12-10-19)26-16-18-7-3-2-4-8-18/h2-4,7-12,17H,5-6,13-16H2,1H3/t17-/m0/s1. The van der Waals surface area contributed by atoms with Gasteiger partial charge in [-0.15, -0.1) is 0 Å². The monoisotopic (exact) mass is 363 g/mol. The number of benzene rings is 2. The minimum atomic E-state index is 0.556. The van der Waals surface area contributed by atoms with E-state index in [0.717, 1.165) is 42.4 Å². The zero-order chi connectivity index (χ0) is 18.5. The topological polar surface area (TPSA) is 51.4 Å². The molecule has 1 fully saturated rings. The van der Waals surface area contributed by atoms with Crippen molar-refractivity contribution in [2.45, 2.75) is 32.9 Å². The molecule has 0 amide bonds. The summed E-state index contributed by atoms with van der Waals surface area (Å²) in [6.45, 7) is 5.80. The van der Waals surface area contributed by atoms with Crippen LogP contribution in [0.4, 0.5) is 0 Å². The van der Waals surface area contributed by atoms with Crippen molar-refractivity contribution in [1.82, 2.24) is 15.0 Å². The molecule has 0 spiro atoms. The van der Waals surface area contributed by atoms with Gasteiger partial charge in [0.15, 0.2) is 0 Å². The van der Waals surface area contributed by atoms with Crippen molar-refractivity contribution < 1.29 is 9.26 Å². The molecular weight excluding hydrogens is 338 g/mol. The summed E-state index contributed by atoms with van der Waals surface area (Å²) in [6, 6.07) is 18.0. The van der Waals surface area contributed by atoms with Gasteiger partial charge >= 0.3 is 0 Å². The average Bonchev–Trinajstić information content (AvgIpc) is 3.16. The summed E-state index contributed by atoms with van der Waals surface area (Å²) in [6.07, 6.45) is 2.55. The molecule has 5 heteroatoms. The highest BCUT2D eigenvalue weighted by Gasteiger charge is 2.19. The lowest BCUT2D eigenvalue weighted by atomic mass is 10.0. The molecule has 0 saturated carbocycles. The number of ether oxygens (including phenoxy) is 1. The highest BCUT2D eigenvalue weighted by molar-refractivity contribution is 5.55. The van der Waals surface area contributed by atoms with E-state index in [0.29, 0.717) is 18.3 Å². The first-order valence-electron chi connectivity index (χ1n) is 9.58. The van der Waals surface area contributed by atoms with E-state index in [-0.39, 0.29) is 0 Å². The van der Waals surface area contributed by atoms with Gasteiger partial charge in [0.2, 0.25) is 11.7 Å². The number of hydrogen-bond acceptors (Lipinski definition) is 5. The van der Waals surface area contributed by atoms with Crippen molar-refractivity contribution in [3.05, 3.63) is 66.1 Å². The Kier molecular flexibility index (Phi) is 5.49. The lowest BCUT2D eigenvalue weighted by Gasteiger charge is -2.29. The van der Waals surface area contributed by atoms with Gasteiger partial charge in [0, 0.05) is 12.1 Å². The van der Waals surface area contributed by atoms with Gasteiger partial charge in [0.05, 0.1) is 6.54 Å². The quantitative estimate of drug-likeness (QED) is 0.643. The summed E-state index contributed by atoms with van der Waals surface area (Å²) in [7, 11) is 0. The van der Waals surface area contributed by atoms with Crippen LogP contribution in [0.5, 0.6) is 5.75 Å². The Morgan fingerprint density at radius 1 is 1.11 bits per heavy atom. The Morgan fingerprint density at radius 2 is 1.93 bits per heavy atom. The molecule has 4 rings (SSSR count). The highest BCUT2D eigenvalue weighted by Crippen LogP contribution is 2.22. The van der Waals surface area contributed by atoms with Gasteiger partial charge in [-0.2, -0.15) is 4.98 Å². The first-order valence-corrected chi connectivity index (χ1v) is 9.58. The Bertz CT molecular complexity index is 846. The third-order valence-corrected chi connectivity index (χ3v) is 4.93. The Balaban J connectivity index is 1.35. The fourth-order valence-electron chi connectivity index (χ4n) is 3.50. The van der Waals surface area contributed by atoms with E-state index in [1.807, 2.05) is 42.5 Å². The smallest absolute Gasteiger partial charge is 0.241 e. The van der Waals surface area contributed by atoms with Gasteiger partial charge in [-0.1, -0.05) is 42.4 Å². The number of nitrogens with zero attached hydrogens (tertiary/aromatic N) is 3. The zero-order valence-electron chi connectivity index (χ0n) is 15.7. The van der Waals surface area contributed by atoms with Crippen molar-refractivity contribution in [3.8, 4) is 17.1 Å². The Morgan fingerprint density at radius 3 is 2.70 bits per heavy atom. The summed E-state index contributed by atoms with van der Waals surface area (Å²) >= 11 is 0. The van der Waals surface area contributed by atoms with Crippen LogP contribution in [0.2, 0.25) is 0 Å². The molecule has 1 aliphatic rings. The van der Waals surface area contributed by atoms with Crippen LogP contribution in [-0.2, 0) is 13.2 Å². The Hall–Kier alpha value is -2.66. The van der Waals surface area contributed by atoms with E-state index >= 15 is 0 Å². The lowest BCUT2D eigenvalue weighted by Crippen LogP contribution is -2.33. The second kappa shape index (κ2) is 8.35. The fraction of sp³-hybridized carbons (Fsp3) is 0.364. The number of piperidine rings is 1. The molecule has 0 bridgehead atoms. The van der Waals surface area contributed by atoms with Crippen LogP contribution in [0.3, 0.4) is 0 Å². The lowest BCUT2D eigenvalue weighted by molar-refractivity contribution is 0.157. The predicted molar refractivity (Wildman–Crippen MR) is 104 cm³/mol. The van der Waals surface area contributed by atoms with E-state index < -0.39 is 0 Å². The van der Waals surface area contributed by atoms with Crippen LogP contribution >= 0.6 is 0 Å². The van der Waals surface area contributed by atoms with Crippen LogP contribution in [0.25, 0.3) is 11.4 Å². The summed E-state index contributed by atoms with van der Waals surface area (Å²) in [5, 5.41) is 4.14. The summed E-state index contributed by atoms with van der Waals surface area (Å²) in [5.74, 6) is 2.88. The molecule has 3 aromatic rings. The van der Waals surface area contributed by atoms with Gasteiger partial charge in [-0.05, 0) is 55.1 Å².